The van der Waals surface area contributed by atoms with Crippen LogP contribution in [0.2, 0.25) is 4.34 Å². The van der Waals surface area contributed by atoms with Crippen LogP contribution in [0.15, 0.2) is 29.6 Å². The Bertz CT molecular complexity index is 520. The van der Waals surface area contributed by atoms with Crippen molar-refractivity contribution in [3.8, 4) is 0 Å². The Morgan fingerprint density at radius 1 is 1.25 bits per heavy atom. The van der Waals surface area contributed by atoms with Crippen LogP contribution in [-0.2, 0) is 13.1 Å². The Kier molecular flexibility index (Phi) is 5.13. The molecule has 2 heterocycles. The summed E-state index contributed by atoms with van der Waals surface area (Å²) in [5.41, 5.74) is 0. The first kappa shape index (κ1) is 14.5. The lowest BCUT2D eigenvalue weighted by Crippen LogP contribution is -2.32. The second-order valence-corrected chi connectivity index (χ2v) is 8.00. The topological polar surface area (TPSA) is 15.3 Å². The molecule has 0 spiro atoms. The van der Waals surface area contributed by atoms with Gasteiger partial charge in [-0.25, -0.2) is 0 Å². The van der Waals surface area contributed by atoms with Crippen LogP contribution in [0, 0.1) is 0 Å². The van der Waals surface area contributed by atoms with Crippen LogP contribution in [0.3, 0.4) is 0 Å². The maximum Gasteiger partial charge on any atom is 0.0931 e. The SMILES string of the molecule is Clc1ccc(CNCCN(Cc2cccs2)C2CC2)s1. The summed E-state index contributed by atoms with van der Waals surface area (Å²) in [6.07, 6.45) is 2.73. The van der Waals surface area contributed by atoms with E-state index < -0.39 is 0 Å². The first-order valence-corrected chi connectivity index (χ1v) is 9.10. The van der Waals surface area contributed by atoms with Crippen molar-refractivity contribution in [2.75, 3.05) is 13.1 Å². The monoisotopic (exact) mass is 326 g/mol. The van der Waals surface area contributed by atoms with Crippen molar-refractivity contribution in [2.45, 2.75) is 32.0 Å². The molecule has 1 N–H and O–H groups in total. The highest BCUT2D eigenvalue weighted by Gasteiger charge is 2.28. The van der Waals surface area contributed by atoms with Gasteiger partial charge in [0.1, 0.15) is 0 Å². The third-order valence-corrected chi connectivity index (χ3v) is 5.60. The molecule has 0 bridgehead atoms. The molecule has 108 valence electrons. The van der Waals surface area contributed by atoms with Crippen LogP contribution in [0.5, 0.6) is 0 Å². The number of rotatable bonds is 8. The zero-order chi connectivity index (χ0) is 13.8. The molecule has 1 fully saturated rings. The molecule has 20 heavy (non-hydrogen) atoms. The highest BCUT2D eigenvalue weighted by Crippen LogP contribution is 2.28. The molecule has 0 atom stereocenters. The summed E-state index contributed by atoms with van der Waals surface area (Å²) in [5, 5.41) is 5.69. The van der Waals surface area contributed by atoms with Crippen LogP contribution in [0.1, 0.15) is 22.6 Å². The Hall–Kier alpha value is -0.390. The van der Waals surface area contributed by atoms with Gasteiger partial charge in [0.2, 0.25) is 0 Å². The maximum atomic E-state index is 5.94. The summed E-state index contributed by atoms with van der Waals surface area (Å²) in [6, 6.07) is 9.27. The predicted octanol–water partition coefficient (Wildman–Crippen LogP) is 4.22. The fraction of sp³-hybridized carbons (Fsp3) is 0.467. The minimum absolute atomic E-state index is 0.815. The van der Waals surface area contributed by atoms with E-state index in [1.54, 1.807) is 11.3 Å². The summed E-state index contributed by atoms with van der Waals surface area (Å²) in [4.78, 5) is 5.40. The van der Waals surface area contributed by atoms with Crippen LogP contribution >= 0.6 is 34.3 Å². The summed E-state index contributed by atoms with van der Waals surface area (Å²) in [5.74, 6) is 0. The van der Waals surface area contributed by atoms with E-state index in [4.69, 9.17) is 11.6 Å². The van der Waals surface area contributed by atoms with E-state index in [-0.39, 0.29) is 0 Å². The number of nitrogens with zero attached hydrogens (tertiary/aromatic N) is 1. The molecule has 1 aliphatic rings. The van der Waals surface area contributed by atoms with E-state index in [1.165, 1.54) is 22.6 Å². The lowest BCUT2D eigenvalue weighted by molar-refractivity contribution is 0.256. The van der Waals surface area contributed by atoms with Gasteiger partial charge in [0.05, 0.1) is 4.34 Å². The van der Waals surface area contributed by atoms with Gasteiger partial charge in [0.15, 0.2) is 0 Å². The van der Waals surface area contributed by atoms with Gasteiger partial charge in [0.25, 0.3) is 0 Å². The van der Waals surface area contributed by atoms with Crippen molar-refractivity contribution in [3.63, 3.8) is 0 Å². The van der Waals surface area contributed by atoms with Crippen molar-refractivity contribution in [2.24, 2.45) is 0 Å². The van der Waals surface area contributed by atoms with Gasteiger partial charge in [-0.3, -0.25) is 4.90 Å². The van der Waals surface area contributed by atoms with Crippen LogP contribution in [0.4, 0.5) is 0 Å². The lowest BCUT2D eigenvalue weighted by Gasteiger charge is -2.21. The largest absolute Gasteiger partial charge is 0.311 e. The normalized spacial score (nSPS) is 15.1. The highest BCUT2D eigenvalue weighted by atomic mass is 35.5. The number of hydrogen-bond acceptors (Lipinski definition) is 4. The first-order valence-electron chi connectivity index (χ1n) is 7.02. The molecule has 2 aromatic heterocycles. The third kappa shape index (κ3) is 4.30. The Morgan fingerprint density at radius 2 is 2.15 bits per heavy atom. The van der Waals surface area contributed by atoms with Crippen molar-refractivity contribution in [1.82, 2.24) is 10.2 Å². The Labute approximate surface area is 133 Å². The molecule has 0 saturated heterocycles. The molecule has 5 heteroatoms. The molecule has 1 saturated carbocycles. The zero-order valence-electron chi connectivity index (χ0n) is 11.3. The molecule has 0 aliphatic heterocycles. The standard InChI is InChI=1S/C15H19ClN2S2/c16-15-6-5-13(20-15)10-17-7-8-18(12-3-4-12)11-14-2-1-9-19-14/h1-2,5-6,9,12,17H,3-4,7-8,10-11H2. The van der Waals surface area contributed by atoms with Gasteiger partial charge in [-0.15, -0.1) is 22.7 Å². The number of thiophene rings is 2. The zero-order valence-corrected chi connectivity index (χ0v) is 13.7. The van der Waals surface area contributed by atoms with Gasteiger partial charge < -0.3 is 5.32 Å². The molecule has 0 amide bonds. The number of halogens is 1. The number of nitrogens with one attached hydrogen (secondary N) is 1. The highest BCUT2D eigenvalue weighted by molar-refractivity contribution is 7.16. The van der Waals surface area contributed by atoms with Gasteiger partial charge in [-0.05, 0) is 36.4 Å². The average molecular weight is 327 g/mol. The van der Waals surface area contributed by atoms with E-state index in [0.29, 0.717) is 0 Å². The van der Waals surface area contributed by atoms with Gasteiger partial charge in [-0.1, -0.05) is 17.7 Å². The van der Waals surface area contributed by atoms with E-state index in [9.17, 15) is 0 Å². The van der Waals surface area contributed by atoms with E-state index in [0.717, 1.165) is 36.6 Å². The molecule has 0 radical (unpaired) electrons. The van der Waals surface area contributed by atoms with Crippen molar-refractivity contribution < 1.29 is 0 Å². The van der Waals surface area contributed by atoms with Gasteiger partial charge in [-0.2, -0.15) is 0 Å². The molecule has 1 aliphatic carbocycles. The van der Waals surface area contributed by atoms with Crippen molar-refractivity contribution in [3.05, 3.63) is 43.7 Å². The summed E-state index contributed by atoms with van der Waals surface area (Å²) >= 11 is 9.46. The number of hydrogen-bond donors (Lipinski definition) is 1. The Balaban J connectivity index is 1.41. The maximum absolute atomic E-state index is 5.94. The fourth-order valence-electron chi connectivity index (χ4n) is 2.31. The van der Waals surface area contributed by atoms with E-state index in [2.05, 4.69) is 33.8 Å². The second kappa shape index (κ2) is 7.05. The first-order chi connectivity index (χ1) is 9.81. The van der Waals surface area contributed by atoms with Crippen molar-refractivity contribution in [1.29, 1.82) is 0 Å². The second-order valence-electron chi connectivity index (χ2n) is 5.16. The predicted molar refractivity (Wildman–Crippen MR) is 88.8 cm³/mol. The molecular weight excluding hydrogens is 308 g/mol. The average Bonchev–Trinajstić information content (AvgIpc) is 3.00. The minimum atomic E-state index is 0.815. The van der Waals surface area contributed by atoms with Gasteiger partial charge in [0, 0.05) is 42.0 Å². The smallest absolute Gasteiger partial charge is 0.0931 e. The van der Waals surface area contributed by atoms with Crippen LogP contribution in [0.25, 0.3) is 0 Å². The van der Waals surface area contributed by atoms with Gasteiger partial charge >= 0.3 is 0 Å². The molecule has 2 aromatic rings. The molecule has 3 rings (SSSR count). The quantitative estimate of drug-likeness (QED) is 0.731. The molecule has 2 nitrogen and oxygen atoms in total. The van der Waals surface area contributed by atoms with Crippen molar-refractivity contribution >= 4 is 34.3 Å². The third-order valence-electron chi connectivity index (χ3n) is 3.51. The summed E-state index contributed by atoms with van der Waals surface area (Å²) in [7, 11) is 0. The van der Waals surface area contributed by atoms with E-state index >= 15 is 0 Å². The van der Waals surface area contributed by atoms with Crippen LogP contribution < -0.4 is 5.32 Å². The van der Waals surface area contributed by atoms with E-state index in [1.807, 2.05) is 17.4 Å². The lowest BCUT2D eigenvalue weighted by atomic mass is 10.3. The fourth-order valence-corrected chi connectivity index (χ4v) is 4.10. The molecular formula is C15H19ClN2S2. The molecule has 0 aromatic carbocycles. The van der Waals surface area contributed by atoms with Crippen LogP contribution in [-0.4, -0.2) is 24.0 Å². The summed E-state index contributed by atoms with van der Waals surface area (Å²) in [6.45, 7) is 4.20. The molecule has 0 unspecified atom stereocenters. The Morgan fingerprint density at radius 3 is 2.80 bits per heavy atom. The summed E-state index contributed by atoms with van der Waals surface area (Å²) < 4.78 is 0.874. The minimum Gasteiger partial charge on any atom is -0.311 e.